The minimum absolute atomic E-state index is 0.414. The molecule has 0 saturated heterocycles. The smallest absolute Gasteiger partial charge is 0.337 e. The Morgan fingerprint density at radius 1 is 1.47 bits per heavy atom. The molecule has 6 heteroatoms. The van der Waals surface area contributed by atoms with E-state index in [4.69, 9.17) is 11.5 Å². The summed E-state index contributed by atoms with van der Waals surface area (Å²) in [7, 11) is 0. The molecule has 0 aliphatic rings. The number of amides is 2. The first-order valence-electron chi connectivity index (χ1n) is 5.42. The second-order valence-corrected chi connectivity index (χ2v) is 4.11. The van der Waals surface area contributed by atoms with Crippen LogP contribution >= 0.6 is 0 Å². The van der Waals surface area contributed by atoms with Crippen LogP contribution in [0.2, 0.25) is 0 Å². The third kappa shape index (κ3) is 4.33. The van der Waals surface area contributed by atoms with Crippen molar-refractivity contribution in [1.29, 1.82) is 0 Å². The third-order valence-electron chi connectivity index (χ3n) is 2.34. The number of aliphatic carboxylic acids is 1. The molecule has 2 amide bonds. The van der Waals surface area contributed by atoms with E-state index in [2.05, 4.69) is 16.6 Å². The fraction of sp³-hybridized carbons (Fsp3) is 0.231. The molecule has 0 radical (unpaired) electrons. The predicted octanol–water partition coefficient (Wildman–Crippen LogP) is 0.625. The average Bonchev–Trinajstić information content (AvgIpc) is 2.36. The Balaban J connectivity index is 2.57. The van der Waals surface area contributed by atoms with Gasteiger partial charge in [-0.05, 0) is 25.1 Å². The normalized spacial score (nSPS) is 12.9. The summed E-state index contributed by atoms with van der Waals surface area (Å²) in [6.45, 7) is 0.678. The van der Waals surface area contributed by atoms with Gasteiger partial charge in [0.05, 0.1) is 6.54 Å². The zero-order valence-corrected chi connectivity index (χ0v) is 10.3. The van der Waals surface area contributed by atoms with Crippen LogP contribution in [0.15, 0.2) is 24.3 Å². The summed E-state index contributed by atoms with van der Waals surface area (Å²) < 4.78 is 0. The van der Waals surface area contributed by atoms with Crippen LogP contribution in [0.3, 0.4) is 0 Å². The topological polar surface area (TPSA) is 98.7 Å². The van der Waals surface area contributed by atoms with Crippen molar-refractivity contribution in [2.45, 2.75) is 12.5 Å². The number of urea groups is 1. The summed E-state index contributed by atoms with van der Waals surface area (Å²) in [5.41, 5.74) is -0.934. The quantitative estimate of drug-likeness (QED) is 0.598. The van der Waals surface area contributed by atoms with Gasteiger partial charge in [-0.3, -0.25) is 0 Å². The number of carbonyl (C=O) groups is 2. The zero-order valence-electron chi connectivity index (χ0n) is 10.3. The van der Waals surface area contributed by atoms with Crippen LogP contribution in [0.1, 0.15) is 12.5 Å². The number of nitrogens with one attached hydrogen (secondary N) is 2. The van der Waals surface area contributed by atoms with Crippen LogP contribution in [0.25, 0.3) is 0 Å². The van der Waals surface area contributed by atoms with Gasteiger partial charge in [0.1, 0.15) is 0 Å². The van der Waals surface area contributed by atoms with Gasteiger partial charge in [0.25, 0.3) is 0 Å². The highest BCUT2D eigenvalue weighted by Crippen LogP contribution is 2.09. The van der Waals surface area contributed by atoms with E-state index in [1.807, 2.05) is 0 Å². The summed E-state index contributed by atoms with van der Waals surface area (Å²) in [6.07, 6.45) is 5.22. The molecule has 0 bridgehead atoms. The molecule has 4 N–H and O–H groups in total. The molecule has 0 aliphatic carbocycles. The molecule has 100 valence electrons. The number of hydrogen-bond acceptors (Lipinski definition) is 3. The van der Waals surface area contributed by atoms with E-state index in [-0.39, 0.29) is 0 Å². The maximum Gasteiger partial charge on any atom is 0.337 e. The summed E-state index contributed by atoms with van der Waals surface area (Å²) in [4.78, 5) is 22.1. The molecular formula is C13H14N2O4. The van der Waals surface area contributed by atoms with Crippen LogP contribution in [-0.2, 0) is 4.79 Å². The van der Waals surface area contributed by atoms with Crippen molar-refractivity contribution >= 4 is 17.7 Å². The highest BCUT2D eigenvalue weighted by molar-refractivity contribution is 5.90. The number of aliphatic hydroxyl groups is 1. The van der Waals surface area contributed by atoms with Gasteiger partial charge in [0, 0.05) is 11.3 Å². The van der Waals surface area contributed by atoms with Gasteiger partial charge in [0.2, 0.25) is 0 Å². The van der Waals surface area contributed by atoms with Gasteiger partial charge in [-0.2, -0.15) is 0 Å². The van der Waals surface area contributed by atoms with E-state index in [0.717, 1.165) is 6.92 Å². The zero-order chi connectivity index (χ0) is 14.5. The van der Waals surface area contributed by atoms with E-state index in [1.165, 1.54) is 0 Å². The molecule has 0 heterocycles. The number of carboxylic acids is 1. The highest BCUT2D eigenvalue weighted by Gasteiger charge is 2.30. The average molecular weight is 262 g/mol. The Bertz CT molecular complexity index is 532. The maximum absolute atomic E-state index is 11.5. The van der Waals surface area contributed by atoms with Crippen molar-refractivity contribution in [2.75, 3.05) is 11.9 Å². The Morgan fingerprint density at radius 3 is 2.74 bits per heavy atom. The van der Waals surface area contributed by atoms with Crippen molar-refractivity contribution in [1.82, 2.24) is 5.32 Å². The molecule has 1 unspecified atom stereocenters. The Hall–Kier alpha value is -2.52. The first kappa shape index (κ1) is 14.5. The lowest BCUT2D eigenvalue weighted by Crippen LogP contribution is -2.47. The minimum atomic E-state index is -2.02. The lowest BCUT2D eigenvalue weighted by atomic mass is 10.1. The second kappa shape index (κ2) is 5.89. The van der Waals surface area contributed by atoms with Gasteiger partial charge < -0.3 is 20.8 Å². The van der Waals surface area contributed by atoms with E-state index in [9.17, 15) is 14.7 Å². The Labute approximate surface area is 110 Å². The molecule has 0 spiro atoms. The number of anilines is 1. The van der Waals surface area contributed by atoms with Gasteiger partial charge in [-0.25, -0.2) is 9.59 Å². The van der Waals surface area contributed by atoms with Crippen LogP contribution in [0, 0.1) is 12.3 Å². The molecule has 6 nitrogen and oxygen atoms in total. The van der Waals surface area contributed by atoms with Crippen LogP contribution in [0.4, 0.5) is 10.5 Å². The number of hydrogen-bond donors (Lipinski definition) is 4. The molecule has 0 fully saturated rings. The van der Waals surface area contributed by atoms with E-state index in [0.29, 0.717) is 11.3 Å². The Morgan fingerprint density at radius 2 is 2.16 bits per heavy atom. The fourth-order valence-electron chi connectivity index (χ4n) is 1.19. The molecular weight excluding hydrogens is 248 g/mol. The maximum atomic E-state index is 11.5. The van der Waals surface area contributed by atoms with Gasteiger partial charge >= 0.3 is 12.0 Å². The summed E-state index contributed by atoms with van der Waals surface area (Å²) >= 11 is 0. The summed E-state index contributed by atoms with van der Waals surface area (Å²) in [5.74, 6) is 1.01. The predicted molar refractivity (Wildman–Crippen MR) is 69.7 cm³/mol. The van der Waals surface area contributed by atoms with E-state index < -0.39 is 24.1 Å². The van der Waals surface area contributed by atoms with Crippen molar-refractivity contribution < 1.29 is 19.8 Å². The third-order valence-corrected chi connectivity index (χ3v) is 2.34. The number of benzene rings is 1. The number of rotatable bonds is 4. The standard InChI is InChI=1S/C13H14N2O4/c1-3-9-5-4-6-10(7-9)15-12(18)14-8-13(2,19)11(16)17/h1,4-7,19H,8H2,2H3,(H,16,17)(H2,14,15,18). The molecule has 1 atom stereocenters. The van der Waals surface area contributed by atoms with E-state index in [1.54, 1.807) is 24.3 Å². The minimum Gasteiger partial charge on any atom is -0.479 e. The largest absolute Gasteiger partial charge is 0.479 e. The second-order valence-electron chi connectivity index (χ2n) is 4.11. The molecule has 0 saturated carbocycles. The van der Waals surface area contributed by atoms with Gasteiger partial charge in [0.15, 0.2) is 5.60 Å². The lowest BCUT2D eigenvalue weighted by molar-refractivity contribution is -0.155. The van der Waals surface area contributed by atoms with Crippen molar-refractivity contribution in [3.8, 4) is 12.3 Å². The first-order valence-corrected chi connectivity index (χ1v) is 5.42. The number of carbonyl (C=O) groups excluding carboxylic acids is 1. The lowest BCUT2D eigenvalue weighted by Gasteiger charge is -2.18. The SMILES string of the molecule is C#Cc1cccc(NC(=O)NCC(C)(O)C(=O)O)c1. The van der Waals surface area contributed by atoms with Crippen molar-refractivity contribution in [3.63, 3.8) is 0 Å². The van der Waals surface area contributed by atoms with Crippen molar-refractivity contribution in [2.24, 2.45) is 0 Å². The van der Waals surface area contributed by atoms with Gasteiger partial charge in [-0.1, -0.05) is 12.0 Å². The van der Waals surface area contributed by atoms with Crippen LogP contribution in [0.5, 0.6) is 0 Å². The Kier molecular flexibility index (Phi) is 4.51. The molecule has 1 aromatic rings. The van der Waals surface area contributed by atoms with Crippen LogP contribution < -0.4 is 10.6 Å². The van der Waals surface area contributed by atoms with Crippen molar-refractivity contribution in [3.05, 3.63) is 29.8 Å². The number of terminal acetylenes is 1. The summed E-state index contributed by atoms with van der Waals surface area (Å²) in [6, 6.07) is 5.98. The van der Waals surface area contributed by atoms with E-state index >= 15 is 0 Å². The number of carboxylic acid groups (broad SMARTS) is 1. The molecule has 0 aliphatic heterocycles. The van der Waals surface area contributed by atoms with Crippen LogP contribution in [-0.4, -0.2) is 34.4 Å². The fourth-order valence-corrected chi connectivity index (χ4v) is 1.19. The molecule has 1 aromatic carbocycles. The molecule has 1 rings (SSSR count). The highest BCUT2D eigenvalue weighted by atomic mass is 16.4. The molecule has 0 aromatic heterocycles. The molecule has 19 heavy (non-hydrogen) atoms. The monoisotopic (exact) mass is 262 g/mol. The van der Waals surface area contributed by atoms with Gasteiger partial charge in [-0.15, -0.1) is 6.42 Å². The first-order chi connectivity index (χ1) is 8.85. The summed E-state index contributed by atoms with van der Waals surface area (Å²) in [5, 5.41) is 22.8.